The van der Waals surface area contributed by atoms with Crippen molar-refractivity contribution in [2.45, 2.75) is 6.10 Å². The summed E-state index contributed by atoms with van der Waals surface area (Å²) in [6.45, 7) is 3.26. The van der Waals surface area contributed by atoms with E-state index in [0.29, 0.717) is 10.6 Å². The summed E-state index contributed by atoms with van der Waals surface area (Å²) in [6, 6.07) is 4.38. The van der Waals surface area contributed by atoms with Crippen LogP contribution >= 0.6 is 23.2 Å². The van der Waals surface area contributed by atoms with Gasteiger partial charge in [-0.2, -0.15) is 0 Å². The van der Waals surface area contributed by atoms with E-state index in [4.69, 9.17) is 28.3 Å². The van der Waals surface area contributed by atoms with Crippen LogP contribution in [0.1, 0.15) is 11.7 Å². The number of carboxylic acids is 1. The molecule has 5 heteroatoms. The van der Waals surface area contributed by atoms with Crippen LogP contribution in [-0.4, -0.2) is 16.2 Å². The van der Waals surface area contributed by atoms with Crippen LogP contribution in [0.25, 0.3) is 0 Å². The summed E-state index contributed by atoms with van der Waals surface area (Å²) in [5, 5.41) is 18.8. The van der Waals surface area contributed by atoms with Crippen molar-refractivity contribution in [1.82, 2.24) is 0 Å². The number of rotatable bonds is 3. The molecule has 1 atom stereocenters. The van der Waals surface area contributed by atoms with Crippen LogP contribution in [-0.2, 0) is 4.79 Å². The fourth-order valence-electron chi connectivity index (χ4n) is 1.00. The number of benzene rings is 1. The molecule has 0 spiro atoms. The molecule has 0 aliphatic rings. The zero-order chi connectivity index (χ0) is 11.6. The van der Waals surface area contributed by atoms with Gasteiger partial charge < -0.3 is 10.2 Å². The zero-order valence-electron chi connectivity index (χ0n) is 7.58. The molecule has 1 aromatic carbocycles. The Hall–Kier alpha value is -1.03. The first kappa shape index (κ1) is 12.0. The molecule has 1 unspecified atom stereocenters. The minimum absolute atomic E-state index is 0.256. The van der Waals surface area contributed by atoms with E-state index >= 15 is 0 Å². The quantitative estimate of drug-likeness (QED) is 0.807. The summed E-state index contributed by atoms with van der Waals surface area (Å²) in [5.74, 6) is -1.26. The van der Waals surface area contributed by atoms with Crippen LogP contribution < -0.4 is 0 Å². The maximum absolute atomic E-state index is 10.5. The molecule has 0 aliphatic carbocycles. The van der Waals surface area contributed by atoms with Crippen molar-refractivity contribution in [3.63, 3.8) is 0 Å². The second-order valence-electron chi connectivity index (χ2n) is 2.91. The lowest BCUT2D eigenvalue weighted by atomic mass is 10.0. The lowest BCUT2D eigenvalue weighted by Gasteiger charge is -2.11. The highest BCUT2D eigenvalue weighted by Gasteiger charge is 2.18. The normalized spacial score (nSPS) is 12.2. The highest BCUT2D eigenvalue weighted by atomic mass is 35.5. The predicted octanol–water partition coefficient (Wildman–Crippen LogP) is 2.67. The van der Waals surface area contributed by atoms with Gasteiger partial charge in [-0.25, -0.2) is 4.79 Å². The van der Waals surface area contributed by atoms with E-state index in [0.717, 1.165) is 0 Å². The van der Waals surface area contributed by atoms with E-state index < -0.39 is 12.1 Å². The molecule has 0 fully saturated rings. The van der Waals surface area contributed by atoms with Gasteiger partial charge in [-0.05, 0) is 17.7 Å². The molecule has 0 saturated heterocycles. The molecule has 2 N–H and O–H groups in total. The maximum atomic E-state index is 10.5. The van der Waals surface area contributed by atoms with Crippen molar-refractivity contribution >= 4 is 29.2 Å². The van der Waals surface area contributed by atoms with Gasteiger partial charge in [0.05, 0.1) is 15.6 Å². The Balaban J connectivity index is 3.02. The Kier molecular flexibility index (Phi) is 3.74. The van der Waals surface area contributed by atoms with Crippen molar-refractivity contribution in [1.29, 1.82) is 0 Å². The molecule has 0 heterocycles. The number of halogens is 2. The van der Waals surface area contributed by atoms with Gasteiger partial charge in [-0.3, -0.25) is 0 Å². The van der Waals surface area contributed by atoms with E-state index in [1.54, 1.807) is 0 Å². The van der Waals surface area contributed by atoms with Crippen molar-refractivity contribution < 1.29 is 15.0 Å². The lowest BCUT2D eigenvalue weighted by Crippen LogP contribution is -2.09. The average Bonchev–Trinajstić information content (AvgIpc) is 2.19. The Bertz CT molecular complexity index is 415. The molecule has 15 heavy (non-hydrogen) atoms. The molecule has 1 rings (SSSR count). The van der Waals surface area contributed by atoms with E-state index in [2.05, 4.69) is 6.58 Å². The van der Waals surface area contributed by atoms with Crippen LogP contribution in [0.15, 0.2) is 30.4 Å². The van der Waals surface area contributed by atoms with Crippen molar-refractivity contribution in [2.75, 3.05) is 0 Å². The number of hydrogen-bond donors (Lipinski definition) is 2. The van der Waals surface area contributed by atoms with Gasteiger partial charge in [0.2, 0.25) is 0 Å². The molecular weight excluding hydrogens is 239 g/mol. The van der Waals surface area contributed by atoms with Gasteiger partial charge in [-0.1, -0.05) is 35.8 Å². The first-order valence-electron chi connectivity index (χ1n) is 3.98. The van der Waals surface area contributed by atoms with Gasteiger partial charge in [0.1, 0.15) is 6.10 Å². The Morgan fingerprint density at radius 1 is 1.33 bits per heavy atom. The van der Waals surface area contributed by atoms with Crippen LogP contribution in [0.4, 0.5) is 0 Å². The number of carboxylic acid groups (broad SMARTS) is 1. The molecule has 3 nitrogen and oxygen atoms in total. The standard InChI is InChI=1S/C10H8Cl2O3/c1-5(10(14)15)9(13)6-2-3-7(11)8(12)4-6/h2-4,9,13H,1H2,(H,14,15). The summed E-state index contributed by atoms with van der Waals surface area (Å²) in [4.78, 5) is 10.5. The first-order chi connectivity index (χ1) is 6.93. The predicted molar refractivity (Wildman–Crippen MR) is 58.2 cm³/mol. The number of aliphatic hydroxyl groups is 1. The zero-order valence-corrected chi connectivity index (χ0v) is 9.09. The SMILES string of the molecule is C=C(C(=O)O)C(O)c1ccc(Cl)c(Cl)c1. The van der Waals surface area contributed by atoms with Crippen LogP contribution in [0, 0.1) is 0 Å². The third-order valence-electron chi connectivity index (χ3n) is 1.86. The third-order valence-corrected chi connectivity index (χ3v) is 2.60. The van der Waals surface area contributed by atoms with E-state index in [1.165, 1.54) is 18.2 Å². The molecule has 0 amide bonds. The fourth-order valence-corrected chi connectivity index (χ4v) is 1.31. The molecule has 0 radical (unpaired) electrons. The largest absolute Gasteiger partial charge is 0.478 e. The summed E-state index contributed by atoms with van der Waals surface area (Å²) in [7, 11) is 0. The summed E-state index contributed by atoms with van der Waals surface area (Å²) in [6.07, 6.45) is -1.28. The van der Waals surface area contributed by atoms with Gasteiger partial charge in [-0.15, -0.1) is 0 Å². The minimum atomic E-state index is -1.28. The van der Waals surface area contributed by atoms with Crippen molar-refractivity contribution in [2.24, 2.45) is 0 Å². The average molecular weight is 247 g/mol. The number of aliphatic hydroxyl groups excluding tert-OH is 1. The van der Waals surface area contributed by atoms with Gasteiger partial charge in [0.25, 0.3) is 0 Å². The molecule has 1 aromatic rings. The van der Waals surface area contributed by atoms with E-state index in [9.17, 15) is 9.90 Å². The van der Waals surface area contributed by atoms with Crippen LogP contribution in [0.5, 0.6) is 0 Å². The topological polar surface area (TPSA) is 57.5 Å². The molecule has 0 aliphatic heterocycles. The summed E-state index contributed by atoms with van der Waals surface area (Å²) in [5.41, 5.74) is 0.0326. The molecule has 0 saturated carbocycles. The lowest BCUT2D eigenvalue weighted by molar-refractivity contribution is -0.133. The smallest absolute Gasteiger partial charge is 0.333 e. The Morgan fingerprint density at radius 2 is 1.93 bits per heavy atom. The van der Waals surface area contributed by atoms with Crippen LogP contribution in [0.3, 0.4) is 0 Å². The fraction of sp³-hybridized carbons (Fsp3) is 0.100. The maximum Gasteiger partial charge on any atom is 0.333 e. The highest BCUT2D eigenvalue weighted by molar-refractivity contribution is 6.42. The molecule has 80 valence electrons. The summed E-state index contributed by atoms with van der Waals surface area (Å²) < 4.78 is 0. The third kappa shape index (κ3) is 2.72. The van der Waals surface area contributed by atoms with E-state index in [-0.39, 0.29) is 10.6 Å². The van der Waals surface area contributed by atoms with Gasteiger partial charge >= 0.3 is 5.97 Å². The van der Waals surface area contributed by atoms with Crippen molar-refractivity contribution in [3.05, 3.63) is 46.0 Å². The highest BCUT2D eigenvalue weighted by Crippen LogP contribution is 2.28. The monoisotopic (exact) mass is 246 g/mol. The number of carbonyl (C=O) groups is 1. The first-order valence-corrected chi connectivity index (χ1v) is 4.74. The summed E-state index contributed by atoms with van der Waals surface area (Å²) >= 11 is 11.4. The minimum Gasteiger partial charge on any atom is -0.478 e. The molecule has 0 aromatic heterocycles. The second kappa shape index (κ2) is 4.66. The number of aliphatic carboxylic acids is 1. The number of hydrogen-bond acceptors (Lipinski definition) is 2. The Labute approximate surface area is 96.6 Å². The molecular formula is C10H8Cl2O3. The van der Waals surface area contributed by atoms with Crippen molar-refractivity contribution in [3.8, 4) is 0 Å². The second-order valence-corrected chi connectivity index (χ2v) is 3.72. The molecule has 0 bridgehead atoms. The van der Waals surface area contributed by atoms with E-state index in [1.807, 2.05) is 0 Å². The van der Waals surface area contributed by atoms with Crippen LogP contribution in [0.2, 0.25) is 10.0 Å². The van der Waals surface area contributed by atoms with Gasteiger partial charge in [0, 0.05) is 0 Å². The Morgan fingerprint density at radius 3 is 2.40 bits per heavy atom. The van der Waals surface area contributed by atoms with Gasteiger partial charge in [0.15, 0.2) is 0 Å².